The number of aryl methyl sites for hydroxylation is 3. The maximum Gasteiger partial charge on any atom is 0.332 e. The number of fused-ring (bicyclic) bond motifs is 1. The number of hydrogen-bond donors (Lipinski definition) is 1. The van der Waals surface area contributed by atoms with E-state index in [1.54, 1.807) is 14.2 Å². The quantitative estimate of drug-likeness (QED) is 0.503. The largest absolute Gasteiger partial charge is 0.497 e. The van der Waals surface area contributed by atoms with Gasteiger partial charge >= 0.3 is 5.69 Å². The molecule has 0 fully saturated rings. The summed E-state index contributed by atoms with van der Waals surface area (Å²) >= 11 is 1.32. The van der Waals surface area contributed by atoms with E-state index in [0.29, 0.717) is 5.13 Å². The molecule has 0 atom stereocenters. The van der Waals surface area contributed by atoms with E-state index in [1.165, 1.54) is 33.8 Å². The number of imidazole rings is 1. The summed E-state index contributed by atoms with van der Waals surface area (Å²) in [5.41, 5.74) is 0.979. The zero-order chi connectivity index (χ0) is 22.3. The molecule has 31 heavy (non-hydrogen) atoms. The number of thiazole rings is 1. The molecule has 0 bridgehead atoms. The molecule has 0 saturated carbocycles. The van der Waals surface area contributed by atoms with Crippen LogP contribution in [0.1, 0.15) is 4.88 Å². The molecule has 0 aliphatic rings. The van der Waals surface area contributed by atoms with Crippen LogP contribution in [-0.4, -0.2) is 36.7 Å². The minimum absolute atomic E-state index is 0.252. The van der Waals surface area contributed by atoms with Crippen LogP contribution in [0, 0.1) is 6.92 Å². The van der Waals surface area contributed by atoms with Gasteiger partial charge in [0.05, 0.1) is 19.1 Å². The maximum atomic E-state index is 12.8. The van der Waals surface area contributed by atoms with Crippen molar-refractivity contribution in [1.82, 2.24) is 23.7 Å². The average molecular weight is 440 g/mol. The van der Waals surface area contributed by atoms with E-state index in [0.717, 1.165) is 26.5 Å². The van der Waals surface area contributed by atoms with E-state index >= 15 is 0 Å². The molecule has 0 aliphatic carbocycles. The van der Waals surface area contributed by atoms with Crippen molar-refractivity contribution < 1.29 is 9.53 Å². The number of amides is 1. The van der Waals surface area contributed by atoms with Gasteiger partial charge in [-0.25, -0.2) is 19.3 Å². The van der Waals surface area contributed by atoms with Crippen LogP contribution in [0.2, 0.25) is 0 Å². The van der Waals surface area contributed by atoms with Crippen molar-refractivity contribution in [1.29, 1.82) is 0 Å². The van der Waals surface area contributed by atoms with E-state index in [1.807, 2.05) is 31.2 Å². The van der Waals surface area contributed by atoms with Crippen LogP contribution in [0.5, 0.6) is 5.75 Å². The van der Waals surface area contributed by atoms with Gasteiger partial charge in [-0.3, -0.25) is 14.2 Å². The van der Waals surface area contributed by atoms with Crippen molar-refractivity contribution in [2.75, 3.05) is 12.4 Å². The number of carbonyl (C=O) groups is 1. The number of ether oxygens (including phenoxy) is 1. The van der Waals surface area contributed by atoms with Gasteiger partial charge in [-0.05, 0) is 31.2 Å². The fourth-order valence-electron chi connectivity index (χ4n) is 3.30. The van der Waals surface area contributed by atoms with Crippen LogP contribution in [0.15, 0.2) is 40.2 Å². The molecule has 160 valence electrons. The van der Waals surface area contributed by atoms with E-state index in [4.69, 9.17) is 4.74 Å². The number of carbonyl (C=O) groups excluding carboxylic acids is 1. The summed E-state index contributed by atoms with van der Waals surface area (Å²) in [7, 11) is 4.77. The van der Waals surface area contributed by atoms with Gasteiger partial charge in [-0.1, -0.05) is 0 Å². The molecule has 11 heteroatoms. The number of rotatable bonds is 5. The van der Waals surface area contributed by atoms with Gasteiger partial charge < -0.3 is 14.6 Å². The standard InChI is InChI=1S/C20H20N6O4S/c1-11-15(12-5-7-13(30-4)8-6-12)23-19(31-11)22-14(27)9-26-18(28)16-17(21-10-24(16)2)25(3)20(26)29/h5-8,10H,9H2,1-4H3,(H,22,23,27). The number of methoxy groups -OCH3 is 1. The van der Waals surface area contributed by atoms with E-state index in [2.05, 4.69) is 15.3 Å². The predicted molar refractivity (Wildman–Crippen MR) is 118 cm³/mol. The van der Waals surface area contributed by atoms with Crippen molar-refractivity contribution in [3.8, 4) is 17.0 Å². The van der Waals surface area contributed by atoms with Gasteiger partial charge in [-0.15, -0.1) is 11.3 Å². The number of aromatic nitrogens is 5. The lowest BCUT2D eigenvalue weighted by Crippen LogP contribution is -2.42. The zero-order valence-corrected chi connectivity index (χ0v) is 18.2. The summed E-state index contributed by atoms with van der Waals surface area (Å²) in [5.74, 6) is 0.221. The number of nitrogens with zero attached hydrogens (tertiary/aromatic N) is 5. The minimum Gasteiger partial charge on any atom is -0.497 e. The lowest BCUT2D eigenvalue weighted by atomic mass is 10.1. The lowest BCUT2D eigenvalue weighted by Gasteiger charge is -2.08. The van der Waals surface area contributed by atoms with Crippen molar-refractivity contribution in [2.45, 2.75) is 13.5 Å². The van der Waals surface area contributed by atoms with Gasteiger partial charge in [0.2, 0.25) is 5.91 Å². The number of hydrogen-bond acceptors (Lipinski definition) is 7. The van der Waals surface area contributed by atoms with Gasteiger partial charge in [0, 0.05) is 24.5 Å². The van der Waals surface area contributed by atoms with Crippen molar-refractivity contribution >= 4 is 33.5 Å². The Bertz CT molecular complexity index is 1410. The predicted octanol–water partition coefficient (Wildman–Crippen LogP) is 1.51. The Labute approximate surface area is 180 Å². The summed E-state index contributed by atoms with van der Waals surface area (Å²) in [5, 5.41) is 3.08. The van der Waals surface area contributed by atoms with Crippen LogP contribution in [0.3, 0.4) is 0 Å². The number of benzene rings is 1. The first-order chi connectivity index (χ1) is 14.8. The molecule has 10 nitrogen and oxygen atoms in total. The molecule has 4 aromatic rings. The summed E-state index contributed by atoms with van der Waals surface area (Å²) in [4.78, 5) is 47.4. The first kappa shape index (κ1) is 20.5. The summed E-state index contributed by atoms with van der Waals surface area (Å²) in [6.07, 6.45) is 1.45. The molecule has 1 amide bonds. The number of anilines is 1. The van der Waals surface area contributed by atoms with Crippen LogP contribution >= 0.6 is 11.3 Å². The molecule has 0 aliphatic heterocycles. The van der Waals surface area contributed by atoms with Crippen molar-refractivity contribution in [3.05, 3.63) is 56.3 Å². The Hall–Kier alpha value is -3.73. The lowest BCUT2D eigenvalue weighted by molar-refractivity contribution is -0.116. The first-order valence-electron chi connectivity index (χ1n) is 9.32. The summed E-state index contributed by atoms with van der Waals surface area (Å²) in [6, 6.07) is 7.45. The second-order valence-corrected chi connectivity index (χ2v) is 8.16. The second-order valence-electron chi connectivity index (χ2n) is 6.96. The van der Waals surface area contributed by atoms with Gasteiger partial charge in [0.15, 0.2) is 16.3 Å². The SMILES string of the molecule is COc1ccc(-c2nc(NC(=O)Cn3c(=O)c4c(ncn4C)n(C)c3=O)sc2C)cc1. The van der Waals surface area contributed by atoms with Crippen LogP contribution in [-0.2, 0) is 25.4 Å². The molecule has 4 rings (SSSR count). The fourth-order valence-corrected chi connectivity index (χ4v) is 4.16. The highest BCUT2D eigenvalue weighted by molar-refractivity contribution is 7.16. The van der Waals surface area contributed by atoms with Crippen molar-refractivity contribution in [2.24, 2.45) is 14.1 Å². The second kappa shape index (κ2) is 7.84. The Morgan fingerprint density at radius 3 is 2.58 bits per heavy atom. The third-order valence-corrected chi connectivity index (χ3v) is 5.80. The van der Waals surface area contributed by atoms with Gasteiger partial charge in [0.25, 0.3) is 5.56 Å². The highest BCUT2D eigenvalue weighted by Gasteiger charge is 2.18. The topological polar surface area (TPSA) is 113 Å². The molecule has 0 radical (unpaired) electrons. The molecule has 1 N–H and O–H groups in total. The Morgan fingerprint density at radius 2 is 1.90 bits per heavy atom. The van der Waals surface area contributed by atoms with Gasteiger partial charge in [0.1, 0.15) is 12.3 Å². The molecular formula is C20H20N6O4S. The first-order valence-corrected chi connectivity index (χ1v) is 10.1. The highest BCUT2D eigenvalue weighted by Crippen LogP contribution is 2.31. The molecule has 0 unspecified atom stereocenters. The molecule has 3 aromatic heterocycles. The normalized spacial score (nSPS) is 11.1. The van der Waals surface area contributed by atoms with Gasteiger partial charge in [-0.2, -0.15) is 0 Å². The maximum absolute atomic E-state index is 12.8. The Balaban J connectivity index is 1.59. The molecule has 0 spiro atoms. The van der Waals surface area contributed by atoms with E-state index < -0.39 is 23.7 Å². The molecule has 3 heterocycles. The third kappa shape index (κ3) is 3.63. The average Bonchev–Trinajstić information content (AvgIpc) is 3.32. The fraction of sp³-hybridized carbons (Fsp3) is 0.250. The zero-order valence-electron chi connectivity index (χ0n) is 17.4. The molecule has 0 saturated heterocycles. The van der Waals surface area contributed by atoms with E-state index in [9.17, 15) is 14.4 Å². The molecule has 1 aromatic carbocycles. The molecular weight excluding hydrogens is 420 g/mol. The number of nitrogens with one attached hydrogen (secondary N) is 1. The Kier molecular flexibility index (Phi) is 5.19. The van der Waals surface area contributed by atoms with Crippen molar-refractivity contribution in [3.63, 3.8) is 0 Å². The minimum atomic E-state index is -0.611. The smallest absolute Gasteiger partial charge is 0.332 e. The monoisotopic (exact) mass is 440 g/mol. The van der Waals surface area contributed by atoms with E-state index in [-0.39, 0.29) is 11.2 Å². The van der Waals surface area contributed by atoms with Crippen LogP contribution in [0.4, 0.5) is 5.13 Å². The van der Waals surface area contributed by atoms with Crippen LogP contribution in [0.25, 0.3) is 22.4 Å². The Morgan fingerprint density at radius 1 is 1.19 bits per heavy atom. The summed E-state index contributed by atoms with van der Waals surface area (Å²) < 4.78 is 8.84. The third-order valence-electron chi connectivity index (χ3n) is 4.91. The van der Waals surface area contributed by atoms with Crippen LogP contribution < -0.4 is 21.3 Å². The summed E-state index contributed by atoms with van der Waals surface area (Å²) in [6.45, 7) is 1.48. The highest BCUT2D eigenvalue weighted by atomic mass is 32.1.